The molecule has 2 aromatic rings. The van der Waals surface area contributed by atoms with Crippen molar-refractivity contribution < 1.29 is 33.8 Å². The van der Waals surface area contributed by atoms with Gasteiger partial charge >= 0.3 is 5.97 Å². The average Bonchev–Trinajstić information content (AvgIpc) is 3.79. The summed E-state index contributed by atoms with van der Waals surface area (Å²) in [7, 11) is 1.69. The molecule has 1 N–H and O–H groups in total. The minimum atomic E-state index is -1.29. The normalized spacial score (nSPS) is 25.7. The molecule has 0 aliphatic carbocycles. The topological polar surface area (TPSA) is 117 Å². The van der Waals surface area contributed by atoms with E-state index in [2.05, 4.69) is 20.1 Å². The Balaban J connectivity index is 1.54. The van der Waals surface area contributed by atoms with Crippen molar-refractivity contribution in [1.29, 1.82) is 0 Å². The fourth-order valence-corrected chi connectivity index (χ4v) is 8.48. The predicted octanol–water partition coefficient (Wildman–Crippen LogP) is 5.40. The first-order chi connectivity index (χ1) is 24.6. The minimum Gasteiger partial charge on any atom is -0.455 e. The molecule has 3 amide bonds. The highest BCUT2D eigenvalue weighted by Crippen LogP contribution is 2.60. The molecule has 2 aromatic carbocycles. The molecule has 2 bridgehead atoms. The Morgan fingerprint density at radius 1 is 1.06 bits per heavy atom. The number of esters is 1. The van der Waals surface area contributed by atoms with E-state index >= 15 is 0 Å². The van der Waals surface area contributed by atoms with Gasteiger partial charge in [-0.2, -0.15) is 0 Å². The van der Waals surface area contributed by atoms with Crippen molar-refractivity contribution in [3.8, 4) is 0 Å². The van der Waals surface area contributed by atoms with Gasteiger partial charge in [0.15, 0.2) is 0 Å². The van der Waals surface area contributed by atoms with Gasteiger partial charge in [0.05, 0.1) is 36.6 Å². The van der Waals surface area contributed by atoms with E-state index in [0.29, 0.717) is 30.4 Å². The maximum Gasteiger partial charge on any atom is 0.313 e. The third-order valence-corrected chi connectivity index (χ3v) is 11.2. The second kappa shape index (κ2) is 16.4. The van der Waals surface area contributed by atoms with E-state index in [4.69, 9.17) is 9.47 Å². The molecule has 1 spiro atoms. The Morgan fingerprint density at radius 3 is 2.29 bits per heavy atom. The van der Waals surface area contributed by atoms with Crippen molar-refractivity contribution in [2.24, 2.45) is 11.8 Å². The lowest BCUT2D eigenvalue weighted by Crippen LogP contribution is -2.58. The molecular formula is C41H53N3O7. The molecule has 0 aromatic heterocycles. The first kappa shape index (κ1) is 38.0. The van der Waals surface area contributed by atoms with Gasteiger partial charge in [0.25, 0.3) is 0 Å². The first-order valence-electron chi connectivity index (χ1n) is 18.2. The lowest BCUT2D eigenvalue weighted by atomic mass is 9.70. The molecule has 3 aliphatic rings. The van der Waals surface area contributed by atoms with Gasteiger partial charge in [-0.15, -0.1) is 13.2 Å². The number of hydrogen-bond donors (Lipinski definition) is 1. The van der Waals surface area contributed by atoms with Crippen LogP contribution in [0.2, 0.25) is 0 Å². The number of benzene rings is 2. The number of rotatable bonds is 17. The van der Waals surface area contributed by atoms with E-state index in [1.165, 1.54) is 4.90 Å². The number of aliphatic hydroxyl groups excluding tert-OH is 1. The number of likely N-dealkylation sites (N-methyl/N-ethyl adjacent to an activating group) is 1. The summed E-state index contributed by atoms with van der Waals surface area (Å²) in [4.78, 5) is 62.2. The van der Waals surface area contributed by atoms with E-state index in [1.807, 2.05) is 74.5 Å². The molecule has 9 atom stereocenters. The van der Waals surface area contributed by atoms with E-state index in [1.54, 1.807) is 29.0 Å². The van der Waals surface area contributed by atoms with Gasteiger partial charge in [0, 0.05) is 26.1 Å². The summed E-state index contributed by atoms with van der Waals surface area (Å²) in [5, 5.41) is 10.8. The molecule has 5 rings (SSSR count). The standard InChI is InChI=1S/C41H53N3O7/c1-7-10-22-33(46)42(6)28(5)36(30-20-15-12-16-21-30)50-40(49)34-32-23-24-41(51-32)35(34)38(47)44(31(26-45)29-18-13-11-14-19-29)37(41)39(48)43(25-9-3)27(4)17-8-2/h7,9,11-16,18-21,27-28,31-32,34-37,45H,1,3,8,10,17,22-26H2,2,4-6H3/t27?,28-,31+,32+,34-,35-,36+,37+,41-/m0/s1. The van der Waals surface area contributed by atoms with Gasteiger partial charge in [-0.25, -0.2) is 0 Å². The minimum absolute atomic E-state index is 0.109. The van der Waals surface area contributed by atoms with Crippen LogP contribution in [0.3, 0.4) is 0 Å². The van der Waals surface area contributed by atoms with Crippen LogP contribution in [0.25, 0.3) is 0 Å². The Bertz CT molecular complexity index is 1570. The Morgan fingerprint density at radius 2 is 1.71 bits per heavy atom. The molecule has 274 valence electrons. The Labute approximate surface area is 302 Å². The summed E-state index contributed by atoms with van der Waals surface area (Å²) in [5.74, 6) is -3.40. The summed E-state index contributed by atoms with van der Waals surface area (Å²) in [6, 6.07) is 15.8. The zero-order valence-corrected chi connectivity index (χ0v) is 30.4. The molecule has 0 radical (unpaired) electrons. The molecule has 10 heteroatoms. The number of carbonyl (C=O) groups excluding carboxylic acids is 4. The van der Waals surface area contributed by atoms with Crippen LogP contribution in [-0.4, -0.2) is 93.5 Å². The van der Waals surface area contributed by atoms with Gasteiger partial charge < -0.3 is 29.3 Å². The largest absolute Gasteiger partial charge is 0.455 e. The fourth-order valence-electron chi connectivity index (χ4n) is 8.48. The smallest absolute Gasteiger partial charge is 0.313 e. The van der Waals surface area contributed by atoms with E-state index in [0.717, 1.165) is 12.8 Å². The highest BCUT2D eigenvalue weighted by atomic mass is 16.6. The van der Waals surface area contributed by atoms with E-state index in [9.17, 15) is 24.3 Å². The first-order valence-corrected chi connectivity index (χ1v) is 18.2. The number of amides is 3. The van der Waals surface area contributed by atoms with Gasteiger partial charge in [0.2, 0.25) is 17.7 Å². The second-order valence-electron chi connectivity index (χ2n) is 14.2. The van der Waals surface area contributed by atoms with Gasteiger partial charge in [-0.1, -0.05) is 86.2 Å². The zero-order valence-electron chi connectivity index (χ0n) is 30.4. The molecule has 10 nitrogen and oxygen atoms in total. The quantitative estimate of drug-likeness (QED) is 0.174. The zero-order chi connectivity index (χ0) is 36.9. The third-order valence-electron chi connectivity index (χ3n) is 11.2. The van der Waals surface area contributed by atoms with Gasteiger partial charge in [0.1, 0.15) is 17.7 Å². The number of aliphatic hydroxyl groups is 1. The van der Waals surface area contributed by atoms with Gasteiger partial charge in [-0.3, -0.25) is 19.2 Å². The predicted molar refractivity (Wildman–Crippen MR) is 194 cm³/mol. The van der Waals surface area contributed by atoms with E-state index < -0.39 is 66.3 Å². The number of hydrogen-bond acceptors (Lipinski definition) is 7. The van der Waals surface area contributed by atoms with Crippen molar-refractivity contribution >= 4 is 23.7 Å². The fraction of sp³-hybridized carbons (Fsp3) is 0.512. The van der Waals surface area contributed by atoms with Crippen LogP contribution in [0.5, 0.6) is 0 Å². The van der Waals surface area contributed by atoms with Crippen molar-refractivity contribution in [2.75, 3.05) is 20.2 Å². The molecule has 51 heavy (non-hydrogen) atoms. The monoisotopic (exact) mass is 699 g/mol. The number of ether oxygens (including phenoxy) is 2. The lowest BCUT2D eigenvalue weighted by molar-refractivity contribution is -0.165. The number of likely N-dealkylation sites (tertiary alicyclic amines) is 1. The van der Waals surface area contributed by atoms with Crippen LogP contribution in [0, 0.1) is 11.8 Å². The number of carbonyl (C=O) groups is 4. The van der Waals surface area contributed by atoms with Crippen molar-refractivity contribution in [3.63, 3.8) is 0 Å². The maximum atomic E-state index is 14.9. The second-order valence-corrected chi connectivity index (χ2v) is 14.2. The van der Waals surface area contributed by atoms with Crippen LogP contribution >= 0.6 is 0 Å². The summed E-state index contributed by atoms with van der Waals surface area (Å²) in [6.45, 7) is 13.4. The third kappa shape index (κ3) is 7.13. The maximum absolute atomic E-state index is 14.9. The van der Waals surface area contributed by atoms with E-state index in [-0.39, 0.29) is 30.8 Å². The average molecular weight is 700 g/mol. The molecule has 0 saturated carbocycles. The van der Waals surface area contributed by atoms with Crippen molar-refractivity contribution in [1.82, 2.24) is 14.7 Å². The summed E-state index contributed by atoms with van der Waals surface area (Å²) in [6.07, 6.45) is 5.18. The molecule has 3 fully saturated rings. The molecule has 3 aliphatic heterocycles. The van der Waals surface area contributed by atoms with Crippen molar-refractivity contribution in [3.05, 3.63) is 97.1 Å². The molecule has 3 heterocycles. The van der Waals surface area contributed by atoms with Gasteiger partial charge in [-0.05, 0) is 50.7 Å². The highest BCUT2D eigenvalue weighted by Gasteiger charge is 2.76. The SMILES string of the molecule is C=CCCC(=O)N(C)[C@@H](C)[C@@H](OC(=O)[C@@H]1[C@H]2C(=O)N([C@H](CO)c3ccccc3)[C@H](C(=O)N(CC=C)C(C)CCC)[C@]23CC[C@H]1O3)c1ccccc1. The van der Waals surface area contributed by atoms with Crippen LogP contribution < -0.4 is 0 Å². The van der Waals surface area contributed by atoms with Crippen molar-refractivity contribution in [2.45, 2.75) is 101 Å². The van der Waals surface area contributed by atoms with Crippen LogP contribution in [0.1, 0.15) is 82.6 Å². The number of fused-ring (bicyclic) bond motifs is 1. The summed E-state index contributed by atoms with van der Waals surface area (Å²) >= 11 is 0. The van der Waals surface area contributed by atoms with Crippen LogP contribution in [0.4, 0.5) is 0 Å². The molecule has 1 unspecified atom stereocenters. The van der Waals surface area contributed by atoms with Crippen LogP contribution in [-0.2, 0) is 28.7 Å². The Kier molecular flexibility index (Phi) is 12.2. The summed E-state index contributed by atoms with van der Waals surface area (Å²) < 4.78 is 13.1. The number of allylic oxidation sites excluding steroid dienone is 1. The summed E-state index contributed by atoms with van der Waals surface area (Å²) in [5.41, 5.74) is 0.0963. The highest BCUT2D eigenvalue weighted by molar-refractivity contribution is 5.98. The molecular weight excluding hydrogens is 646 g/mol. The molecule has 3 saturated heterocycles. The number of nitrogens with zero attached hydrogens (tertiary/aromatic N) is 3. The van der Waals surface area contributed by atoms with Crippen LogP contribution in [0.15, 0.2) is 86.0 Å². The Hall–Kier alpha value is -4.28. The lowest BCUT2D eigenvalue weighted by Gasteiger charge is -2.41.